The second-order valence-electron chi connectivity index (χ2n) is 3.25. The molecule has 0 aromatic carbocycles. The van der Waals surface area contributed by atoms with E-state index in [4.69, 9.17) is 5.11 Å². The van der Waals surface area contributed by atoms with E-state index in [0.717, 1.165) is 0 Å². The summed E-state index contributed by atoms with van der Waals surface area (Å²) in [6.45, 7) is 1.47. The van der Waals surface area contributed by atoms with Crippen LogP contribution in [0.25, 0.3) is 0 Å². The minimum absolute atomic E-state index is 0.0153. The summed E-state index contributed by atoms with van der Waals surface area (Å²) in [5, 5.41) is 15.1. The minimum atomic E-state index is -0.0153. The highest BCUT2D eigenvalue weighted by Crippen LogP contribution is 2.17. The molecule has 1 aliphatic rings. The molecule has 0 bridgehead atoms. The van der Waals surface area contributed by atoms with Gasteiger partial charge in [0, 0.05) is 31.8 Å². The predicted octanol–water partition coefficient (Wildman–Crippen LogP) is -0.526. The van der Waals surface area contributed by atoms with E-state index < -0.39 is 0 Å². The molecule has 1 aliphatic heterocycles. The number of aromatic amines is 1. The number of H-pyrrole nitrogens is 1. The zero-order valence-electron chi connectivity index (χ0n) is 7.10. The molecule has 70 valence electrons. The van der Waals surface area contributed by atoms with Crippen molar-refractivity contribution in [3.63, 3.8) is 0 Å². The Morgan fingerprint density at radius 1 is 1.77 bits per heavy atom. The number of nitrogens with zero attached hydrogens (tertiary/aromatic N) is 2. The van der Waals surface area contributed by atoms with Crippen molar-refractivity contribution in [1.29, 1.82) is 0 Å². The number of aliphatic hydroxyl groups is 1. The highest BCUT2D eigenvalue weighted by molar-refractivity contribution is 5.94. The van der Waals surface area contributed by atoms with Gasteiger partial charge in [-0.25, -0.2) is 0 Å². The number of amides is 1. The fourth-order valence-electron chi connectivity index (χ4n) is 1.40. The Bertz CT molecular complexity index is 290. The van der Waals surface area contributed by atoms with Crippen LogP contribution in [-0.4, -0.2) is 45.8 Å². The molecular formula is C8H11N3O2. The number of aromatic nitrogens is 2. The van der Waals surface area contributed by atoms with E-state index in [1.807, 2.05) is 0 Å². The van der Waals surface area contributed by atoms with Crippen molar-refractivity contribution in [2.45, 2.75) is 0 Å². The second-order valence-corrected chi connectivity index (χ2v) is 3.25. The van der Waals surface area contributed by atoms with Crippen LogP contribution in [0, 0.1) is 5.92 Å². The van der Waals surface area contributed by atoms with Crippen molar-refractivity contribution in [3.05, 3.63) is 18.0 Å². The quantitative estimate of drug-likeness (QED) is 0.644. The van der Waals surface area contributed by atoms with Crippen LogP contribution in [0.15, 0.2) is 12.4 Å². The van der Waals surface area contributed by atoms with E-state index in [0.29, 0.717) is 18.7 Å². The Balaban J connectivity index is 1.94. The lowest BCUT2D eigenvalue weighted by Crippen LogP contribution is -2.51. The maximum Gasteiger partial charge on any atom is 0.257 e. The van der Waals surface area contributed by atoms with Gasteiger partial charge in [-0.15, -0.1) is 0 Å². The average molecular weight is 181 g/mol. The van der Waals surface area contributed by atoms with Gasteiger partial charge in [0.2, 0.25) is 0 Å². The normalized spacial score (nSPS) is 17.2. The van der Waals surface area contributed by atoms with E-state index in [1.165, 1.54) is 6.20 Å². The molecule has 1 saturated heterocycles. The van der Waals surface area contributed by atoms with E-state index in [2.05, 4.69) is 10.2 Å². The molecule has 1 aromatic heterocycles. The Hall–Kier alpha value is -1.36. The van der Waals surface area contributed by atoms with Crippen molar-refractivity contribution < 1.29 is 9.90 Å². The van der Waals surface area contributed by atoms with Crippen molar-refractivity contribution >= 4 is 5.91 Å². The highest BCUT2D eigenvalue weighted by Gasteiger charge is 2.30. The summed E-state index contributed by atoms with van der Waals surface area (Å²) < 4.78 is 0. The largest absolute Gasteiger partial charge is 0.396 e. The van der Waals surface area contributed by atoms with Gasteiger partial charge >= 0.3 is 0 Å². The molecule has 5 heteroatoms. The first-order valence-electron chi connectivity index (χ1n) is 4.20. The van der Waals surface area contributed by atoms with Gasteiger partial charge < -0.3 is 10.0 Å². The van der Waals surface area contributed by atoms with Gasteiger partial charge in [-0.2, -0.15) is 5.10 Å². The van der Waals surface area contributed by atoms with Crippen molar-refractivity contribution in [2.24, 2.45) is 5.92 Å². The number of rotatable bonds is 2. The fourth-order valence-corrected chi connectivity index (χ4v) is 1.40. The van der Waals surface area contributed by atoms with Crippen molar-refractivity contribution in [3.8, 4) is 0 Å². The summed E-state index contributed by atoms with van der Waals surface area (Å²) in [5.74, 6) is 0.245. The van der Waals surface area contributed by atoms with Gasteiger partial charge in [-0.05, 0) is 0 Å². The number of nitrogens with one attached hydrogen (secondary N) is 1. The lowest BCUT2D eigenvalue weighted by Gasteiger charge is -2.37. The summed E-state index contributed by atoms with van der Waals surface area (Å²) in [6, 6.07) is 0. The van der Waals surface area contributed by atoms with Crippen LogP contribution in [-0.2, 0) is 0 Å². The van der Waals surface area contributed by atoms with Crippen LogP contribution < -0.4 is 0 Å². The molecule has 5 nitrogen and oxygen atoms in total. The molecule has 0 unspecified atom stereocenters. The molecule has 2 N–H and O–H groups in total. The molecule has 0 atom stereocenters. The Labute approximate surface area is 75.4 Å². The van der Waals surface area contributed by atoms with Crippen LogP contribution in [0.3, 0.4) is 0 Å². The number of hydrogen-bond donors (Lipinski definition) is 2. The highest BCUT2D eigenvalue weighted by atomic mass is 16.3. The lowest BCUT2D eigenvalue weighted by molar-refractivity contribution is 0.0362. The van der Waals surface area contributed by atoms with Gasteiger partial charge in [-0.3, -0.25) is 9.89 Å². The van der Waals surface area contributed by atoms with E-state index in [9.17, 15) is 4.79 Å². The van der Waals surface area contributed by atoms with Gasteiger partial charge in [0.25, 0.3) is 5.91 Å². The van der Waals surface area contributed by atoms with E-state index in [1.54, 1.807) is 11.1 Å². The topological polar surface area (TPSA) is 69.2 Å². The third-order valence-electron chi connectivity index (χ3n) is 2.25. The van der Waals surface area contributed by atoms with Gasteiger partial charge in [0.1, 0.15) is 0 Å². The summed E-state index contributed by atoms with van der Waals surface area (Å²) in [5.41, 5.74) is 0.580. The zero-order valence-corrected chi connectivity index (χ0v) is 7.10. The lowest BCUT2D eigenvalue weighted by atomic mass is 10.0. The number of likely N-dealkylation sites (tertiary alicyclic amines) is 1. The van der Waals surface area contributed by atoms with Crippen molar-refractivity contribution in [2.75, 3.05) is 19.7 Å². The number of carbonyl (C=O) groups excluding carboxylic acids is 1. The van der Waals surface area contributed by atoms with Crippen LogP contribution in [0.2, 0.25) is 0 Å². The molecule has 0 spiro atoms. The first kappa shape index (κ1) is 8.25. The zero-order chi connectivity index (χ0) is 9.26. The molecular weight excluding hydrogens is 170 g/mol. The maximum absolute atomic E-state index is 11.5. The number of hydrogen-bond acceptors (Lipinski definition) is 3. The van der Waals surface area contributed by atoms with E-state index in [-0.39, 0.29) is 18.4 Å². The molecule has 2 rings (SSSR count). The predicted molar refractivity (Wildman–Crippen MR) is 45.1 cm³/mol. The standard InChI is InChI=1S/C8H11N3O2/c12-5-6-3-11(4-6)8(13)7-1-9-10-2-7/h1-2,6,12H,3-5H2,(H,9,10). The van der Waals surface area contributed by atoms with Crippen molar-refractivity contribution in [1.82, 2.24) is 15.1 Å². The summed E-state index contributed by atoms with van der Waals surface area (Å²) in [6.07, 6.45) is 3.09. The molecule has 1 fully saturated rings. The molecule has 1 amide bonds. The van der Waals surface area contributed by atoms with E-state index >= 15 is 0 Å². The molecule has 0 aliphatic carbocycles. The average Bonchev–Trinajstić information content (AvgIpc) is 2.53. The van der Waals surface area contributed by atoms with Gasteiger partial charge in [-0.1, -0.05) is 0 Å². The third-order valence-corrected chi connectivity index (χ3v) is 2.25. The summed E-state index contributed by atoms with van der Waals surface area (Å²) in [7, 11) is 0. The van der Waals surface area contributed by atoms with Crippen LogP contribution in [0.1, 0.15) is 10.4 Å². The number of carbonyl (C=O) groups is 1. The maximum atomic E-state index is 11.5. The Morgan fingerprint density at radius 2 is 2.54 bits per heavy atom. The first-order chi connectivity index (χ1) is 6.31. The second kappa shape index (κ2) is 3.18. The molecule has 1 aromatic rings. The van der Waals surface area contributed by atoms with Crippen LogP contribution in [0.4, 0.5) is 0 Å². The smallest absolute Gasteiger partial charge is 0.257 e. The molecule has 13 heavy (non-hydrogen) atoms. The van der Waals surface area contributed by atoms with Crippen LogP contribution >= 0.6 is 0 Å². The minimum Gasteiger partial charge on any atom is -0.396 e. The Morgan fingerprint density at radius 3 is 3.08 bits per heavy atom. The monoisotopic (exact) mass is 181 g/mol. The first-order valence-corrected chi connectivity index (χ1v) is 4.20. The Kier molecular flexibility index (Phi) is 2.02. The summed E-state index contributed by atoms with van der Waals surface area (Å²) in [4.78, 5) is 13.2. The SMILES string of the molecule is O=C(c1cn[nH]c1)N1CC(CO)C1. The third kappa shape index (κ3) is 1.42. The van der Waals surface area contributed by atoms with Gasteiger partial charge in [0.05, 0.1) is 11.8 Å². The fraction of sp³-hybridized carbons (Fsp3) is 0.500. The molecule has 2 heterocycles. The number of aliphatic hydroxyl groups excluding tert-OH is 1. The molecule has 0 saturated carbocycles. The summed E-state index contributed by atoms with van der Waals surface area (Å²) >= 11 is 0. The van der Waals surface area contributed by atoms with Gasteiger partial charge in [0.15, 0.2) is 0 Å². The van der Waals surface area contributed by atoms with Crippen LogP contribution in [0.5, 0.6) is 0 Å². The molecule has 0 radical (unpaired) electrons.